The highest BCUT2D eigenvalue weighted by molar-refractivity contribution is 5.98. The van der Waals surface area contributed by atoms with Crippen LogP contribution in [0.15, 0.2) is 24.5 Å². The maximum absolute atomic E-state index is 11.8. The van der Waals surface area contributed by atoms with Gasteiger partial charge in [0, 0.05) is 19.3 Å². The molecule has 0 aliphatic rings. The summed E-state index contributed by atoms with van der Waals surface area (Å²) < 4.78 is 4.77. The summed E-state index contributed by atoms with van der Waals surface area (Å²) in [5.41, 5.74) is 5.85. The number of amides is 3. The Bertz CT molecular complexity index is 397. The molecule has 0 aromatic carbocycles. The molecule has 1 aromatic rings. The van der Waals surface area contributed by atoms with E-state index in [1.54, 1.807) is 25.3 Å². The zero-order valence-electron chi connectivity index (χ0n) is 10.1. The first kappa shape index (κ1) is 13.9. The van der Waals surface area contributed by atoms with E-state index in [4.69, 9.17) is 10.5 Å². The predicted octanol–water partition coefficient (Wildman–Crippen LogP) is 1.03. The van der Waals surface area contributed by atoms with Gasteiger partial charge in [0.1, 0.15) is 0 Å². The number of hydrogen-bond acceptors (Lipinski definition) is 5. The van der Waals surface area contributed by atoms with Crippen LogP contribution in [0.4, 0.5) is 15.3 Å². The van der Waals surface area contributed by atoms with Gasteiger partial charge in [0.15, 0.2) is 0 Å². The summed E-state index contributed by atoms with van der Waals surface area (Å²) in [4.78, 5) is 28.1. The summed E-state index contributed by atoms with van der Waals surface area (Å²) in [6.07, 6.45) is 2.34. The summed E-state index contributed by atoms with van der Waals surface area (Å²) in [5.74, 6) is 0. The summed E-state index contributed by atoms with van der Waals surface area (Å²) in [7, 11) is 0. The van der Waals surface area contributed by atoms with Crippen molar-refractivity contribution in [3.8, 4) is 0 Å². The zero-order chi connectivity index (χ0) is 13.4. The molecular weight excluding hydrogens is 236 g/mol. The molecule has 3 amide bonds. The third-order valence-electron chi connectivity index (χ3n) is 2.00. The molecule has 1 aromatic heterocycles. The second-order valence-electron chi connectivity index (χ2n) is 3.31. The van der Waals surface area contributed by atoms with Gasteiger partial charge >= 0.3 is 12.1 Å². The molecule has 1 rings (SSSR count). The second kappa shape index (κ2) is 7.23. The SMILES string of the molecule is CCOC(=O)N(CCN)C(=O)Nc1cccnc1. The number of ether oxygens (including phenoxy) is 1. The van der Waals surface area contributed by atoms with Gasteiger partial charge in [0.05, 0.1) is 18.5 Å². The van der Waals surface area contributed by atoms with E-state index in [1.807, 2.05) is 0 Å². The van der Waals surface area contributed by atoms with Crippen molar-refractivity contribution >= 4 is 17.8 Å². The molecule has 0 saturated heterocycles. The molecule has 0 aliphatic heterocycles. The highest BCUT2D eigenvalue weighted by Gasteiger charge is 2.21. The van der Waals surface area contributed by atoms with Gasteiger partial charge in [-0.2, -0.15) is 0 Å². The summed E-state index contributed by atoms with van der Waals surface area (Å²) in [6, 6.07) is 2.75. The molecule has 0 spiro atoms. The normalized spacial score (nSPS) is 9.67. The third-order valence-corrected chi connectivity index (χ3v) is 2.00. The molecule has 7 heteroatoms. The summed E-state index contributed by atoms with van der Waals surface area (Å²) >= 11 is 0. The molecule has 7 nitrogen and oxygen atoms in total. The number of carbonyl (C=O) groups excluding carboxylic acids is 2. The van der Waals surface area contributed by atoms with E-state index in [0.29, 0.717) is 5.69 Å². The molecule has 18 heavy (non-hydrogen) atoms. The number of nitrogens with zero attached hydrogens (tertiary/aromatic N) is 2. The van der Waals surface area contributed by atoms with Gasteiger partial charge in [-0.25, -0.2) is 14.5 Å². The lowest BCUT2D eigenvalue weighted by Gasteiger charge is -2.19. The number of carbonyl (C=O) groups is 2. The molecule has 0 bridgehead atoms. The molecule has 0 aliphatic carbocycles. The van der Waals surface area contributed by atoms with Crippen LogP contribution in [0.3, 0.4) is 0 Å². The molecule has 3 N–H and O–H groups in total. The van der Waals surface area contributed by atoms with Crippen LogP contribution in [0, 0.1) is 0 Å². The molecule has 0 fully saturated rings. The van der Waals surface area contributed by atoms with Gasteiger partial charge in [-0.05, 0) is 19.1 Å². The first-order valence-corrected chi connectivity index (χ1v) is 5.54. The average Bonchev–Trinajstić information content (AvgIpc) is 2.37. The van der Waals surface area contributed by atoms with Crippen molar-refractivity contribution in [2.75, 3.05) is 25.0 Å². The maximum Gasteiger partial charge on any atom is 0.418 e. The number of urea groups is 1. The number of pyridine rings is 1. The van der Waals surface area contributed by atoms with Crippen molar-refractivity contribution in [1.82, 2.24) is 9.88 Å². The number of imide groups is 1. The summed E-state index contributed by atoms with van der Waals surface area (Å²) in [6.45, 7) is 2.11. The van der Waals surface area contributed by atoms with E-state index in [0.717, 1.165) is 4.90 Å². The van der Waals surface area contributed by atoms with E-state index in [2.05, 4.69) is 10.3 Å². The van der Waals surface area contributed by atoms with E-state index < -0.39 is 12.1 Å². The average molecular weight is 252 g/mol. The number of aromatic nitrogens is 1. The van der Waals surface area contributed by atoms with Gasteiger partial charge in [-0.3, -0.25) is 4.98 Å². The number of nitrogens with two attached hydrogens (primary N) is 1. The van der Waals surface area contributed by atoms with Crippen LogP contribution in [0.5, 0.6) is 0 Å². The van der Waals surface area contributed by atoms with Crippen LogP contribution in [-0.4, -0.2) is 41.7 Å². The van der Waals surface area contributed by atoms with E-state index in [1.165, 1.54) is 6.20 Å². The van der Waals surface area contributed by atoms with Crippen LogP contribution < -0.4 is 11.1 Å². The van der Waals surface area contributed by atoms with Gasteiger partial charge in [-0.15, -0.1) is 0 Å². The standard InChI is InChI=1S/C11H16N4O3/c1-2-18-11(17)15(7-5-12)10(16)14-9-4-3-6-13-8-9/h3-4,6,8H,2,5,7,12H2,1H3,(H,14,16). The Morgan fingerprint density at radius 1 is 1.56 bits per heavy atom. The first-order chi connectivity index (χ1) is 8.69. The molecule has 98 valence electrons. The Kier molecular flexibility index (Phi) is 5.59. The fourth-order valence-electron chi connectivity index (χ4n) is 1.23. The largest absolute Gasteiger partial charge is 0.449 e. The zero-order valence-corrected chi connectivity index (χ0v) is 10.1. The van der Waals surface area contributed by atoms with Crippen LogP contribution in [0.1, 0.15) is 6.92 Å². The van der Waals surface area contributed by atoms with Crippen LogP contribution in [0.25, 0.3) is 0 Å². The molecule has 1 heterocycles. The van der Waals surface area contributed by atoms with E-state index in [-0.39, 0.29) is 19.7 Å². The minimum atomic E-state index is -0.718. The molecule has 0 radical (unpaired) electrons. The monoisotopic (exact) mass is 252 g/mol. The number of anilines is 1. The quantitative estimate of drug-likeness (QED) is 0.834. The number of hydrogen-bond donors (Lipinski definition) is 2. The summed E-state index contributed by atoms with van der Waals surface area (Å²) in [5, 5.41) is 2.53. The van der Waals surface area contributed by atoms with Crippen LogP contribution in [0.2, 0.25) is 0 Å². The highest BCUT2D eigenvalue weighted by Crippen LogP contribution is 2.05. The number of rotatable bonds is 4. The molecule has 0 unspecified atom stereocenters. The highest BCUT2D eigenvalue weighted by atomic mass is 16.6. The Morgan fingerprint density at radius 3 is 2.89 bits per heavy atom. The maximum atomic E-state index is 11.8. The van der Waals surface area contributed by atoms with Crippen molar-refractivity contribution in [3.63, 3.8) is 0 Å². The minimum Gasteiger partial charge on any atom is -0.449 e. The Hall–Kier alpha value is -2.15. The van der Waals surface area contributed by atoms with Gasteiger partial charge in [-0.1, -0.05) is 0 Å². The molecular formula is C11H16N4O3. The molecule has 0 atom stereocenters. The van der Waals surface area contributed by atoms with Crippen molar-refractivity contribution < 1.29 is 14.3 Å². The predicted molar refractivity (Wildman–Crippen MR) is 66.0 cm³/mol. The minimum absolute atomic E-state index is 0.0882. The molecule has 0 saturated carbocycles. The Balaban J connectivity index is 2.68. The topological polar surface area (TPSA) is 97.5 Å². The first-order valence-electron chi connectivity index (χ1n) is 5.54. The van der Waals surface area contributed by atoms with Gasteiger partial charge in [0.25, 0.3) is 0 Å². The van der Waals surface area contributed by atoms with E-state index in [9.17, 15) is 9.59 Å². The van der Waals surface area contributed by atoms with Crippen LogP contribution >= 0.6 is 0 Å². The lowest BCUT2D eigenvalue weighted by molar-refractivity contribution is 0.118. The van der Waals surface area contributed by atoms with E-state index >= 15 is 0 Å². The van der Waals surface area contributed by atoms with Crippen molar-refractivity contribution in [3.05, 3.63) is 24.5 Å². The Labute approximate surface area is 105 Å². The van der Waals surface area contributed by atoms with Crippen molar-refractivity contribution in [1.29, 1.82) is 0 Å². The Morgan fingerprint density at radius 2 is 2.33 bits per heavy atom. The second-order valence-corrected chi connectivity index (χ2v) is 3.31. The van der Waals surface area contributed by atoms with Crippen molar-refractivity contribution in [2.45, 2.75) is 6.92 Å². The van der Waals surface area contributed by atoms with Crippen molar-refractivity contribution in [2.24, 2.45) is 5.73 Å². The smallest absolute Gasteiger partial charge is 0.418 e. The third kappa shape index (κ3) is 4.02. The number of nitrogens with one attached hydrogen (secondary N) is 1. The fourth-order valence-corrected chi connectivity index (χ4v) is 1.23. The van der Waals surface area contributed by atoms with Crippen LogP contribution in [-0.2, 0) is 4.74 Å². The fraction of sp³-hybridized carbons (Fsp3) is 0.364. The lowest BCUT2D eigenvalue weighted by atomic mass is 10.4. The van der Waals surface area contributed by atoms with Gasteiger partial charge < -0.3 is 15.8 Å². The van der Waals surface area contributed by atoms with Gasteiger partial charge in [0.2, 0.25) is 0 Å². The lowest BCUT2D eigenvalue weighted by Crippen LogP contribution is -2.43.